The van der Waals surface area contributed by atoms with Crippen molar-refractivity contribution in [1.29, 1.82) is 0 Å². The van der Waals surface area contributed by atoms with Crippen LogP contribution in [0.15, 0.2) is 18.2 Å². The van der Waals surface area contributed by atoms with E-state index < -0.39 is 0 Å². The predicted molar refractivity (Wildman–Crippen MR) is 85.1 cm³/mol. The van der Waals surface area contributed by atoms with E-state index in [1.165, 1.54) is 12.8 Å². The molecule has 0 saturated heterocycles. The summed E-state index contributed by atoms with van der Waals surface area (Å²) in [6, 6.07) is 6.12. The van der Waals surface area contributed by atoms with Crippen molar-refractivity contribution in [1.82, 2.24) is 0 Å². The van der Waals surface area contributed by atoms with Gasteiger partial charge in [0.25, 0.3) is 0 Å². The van der Waals surface area contributed by atoms with Gasteiger partial charge in [-0.05, 0) is 63.6 Å². The molecule has 1 aromatic carbocycles. The SMILES string of the molecule is CCC(C)OC(C)c1ccc(OC)c(OC2CCCC2)c1. The lowest BCUT2D eigenvalue weighted by Crippen LogP contribution is -2.13. The molecular formula is C18H28O3. The van der Waals surface area contributed by atoms with Gasteiger partial charge in [-0.2, -0.15) is 0 Å². The van der Waals surface area contributed by atoms with E-state index in [1.54, 1.807) is 7.11 Å². The van der Waals surface area contributed by atoms with Crippen molar-refractivity contribution >= 4 is 0 Å². The van der Waals surface area contributed by atoms with Crippen molar-refractivity contribution in [2.24, 2.45) is 0 Å². The molecule has 1 saturated carbocycles. The molecule has 1 aromatic rings. The molecule has 21 heavy (non-hydrogen) atoms. The van der Waals surface area contributed by atoms with Crippen molar-refractivity contribution in [3.05, 3.63) is 23.8 Å². The zero-order valence-corrected chi connectivity index (χ0v) is 13.7. The normalized spacial score (nSPS) is 18.5. The highest BCUT2D eigenvalue weighted by atomic mass is 16.5. The van der Waals surface area contributed by atoms with Crippen LogP contribution >= 0.6 is 0 Å². The fraction of sp³-hybridized carbons (Fsp3) is 0.667. The lowest BCUT2D eigenvalue weighted by atomic mass is 10.1. The molecule has 0 spiro atoms. The molecule has 0 aromatic heterocycles. The number of ether oxygens (including phenoxy) is 3. The van der Waals surface area contributed by atoms with Gasteiger partial charge in [-0.3, -0.25) is 0 Å². The standard InChI is InChI=1S/C18H28O3/c1-5-13(2)20-14(3)15-10-11-17(19-4)18(12-15)21-16-8-6-7-9-16/h10-14,16H,5-9H2,1-4H3. The van der Waals surface area contributed by atoms with E-state index in [2.05, 4.69) is 32.9 Å². The molecule has 1 aliphatic rings. The molecule has 1 aliphatic carbocycles. The maximum atomic E-state index is 6.14. The quantitative estimate of drug-likeness (QED) is 0.716. The van der Waals surface area contributed by atoms with Crippen LogP contribution in [0.3, 0.4) is 0 Å². The Morgan fingerprint density at radius 3 is 2.48 bits per heavy atom. The molecule has 2 atom stereocenters. The van der Waals surface area contributed by atoms with E-state index in [1.807, 2.05) is 6.07 Å². The molecule has 0 aliphatic heterocycles. The summed E-state index contributed by atoms with van der Waals surface area (Å²) < 4.78 is 17.6. The Hall–Kier alpha value is -1.22. The highest BCUT2D eigenvalue weighted by Crippen LogP contribution is 2.34. The molecule has 0 amide bonds. The third-order valence-electron chi connectivity index (χ3n) is 4.26. The average Bonchev–Trinajstić information content (AvgIpc) is 3.00. The summed E-state index contributed by atoms with van der Waals surface area (Å²) in [5.74, 6) is 1.66. The Labute approximate surface area is 128 Å². The summed E-state index contributed by atoms with van der Waals surface area (Å²) in [6.07, 6.45) is 6.50. The molecule has 0 heterocycles. The fourth-order valence-corrected chi connectivity index (χ4v) is 2.75. The van der Waals surface area contributed by atoms with Crippen molar-refractivity contribution in [2.45, 2.75) is 71.2 Å². The number of hydrogen-bond acceptors (Lipinski definition) is 3. The first kappa shape index (κ1) is 16.2. The molecule has 3 nitrogen and oxygen atoms in total. The maximum absolute atomic E-state index is 6.14. The summed E-state index contributed by atoms with van der Waals surface area (Å²) in [5.41, 5.74) is 1.14. The number of benzene rings is 1. The molecule has 118 valence electrons. The number of hydrogen-bond donors (Lipinski definition) is 0. The summed E-state index contributed by atoms with van der Waals surface area (Å²) in [7, 11) is 1.69. The molecule has 1 fully saturated rings. The minimum atomic E-state index is 0.0665. The van der Waals surface area contributed by atoms with Crippen LogP contribution in [0.4, 0.5) is 0 Å². The number of rotatable bonds is 7. The smallest absolute Gasteiger partial charge is 0.161 e. The van der Waals surface area contributed by atoms with Crippen LogP contribution in [0.1, 0.15) is 64.5 Å². The first-order chi connectivity index (χ1) is 10.1. The van der Waals surface area contributed by atoms with Crippen LogP contribution in [0, 0.1) is 0 Å². The largest absolute Gasteiger partial charge is 0.493 e. The zero-order valence-electron chi connectivity index (χ0n) is 13.7. The van der Waals surface area contributed by atoms with Crippen molar-refractivity contribution in [3.8, 4) is 11.5 Å². The van der Waals surface area contributed by atoms with Gasteiger partial charge >= 0.3 is 0 Å². The molecule has 2 unspecified atom stereocenters. The van der Waals surface area contributed by atoms with Gasteiger partial charge in [0.05, 0.1) is 25.4 Å². The molecule has 3 heteroatoms. The topological polar surface area (TPSA) is 27.7 Å². The summed E-state index contributed by atoms with van der Waals surface area (Å²) >= 11 is 0. The van der Waals surface area contributed by atoms with Crippen molar-refractivity contribution in [2.75, 3.05) is 7.11 Å². The first-order valence-corrected chi connectivity index (χ1v) is 8.14. The van der Waals surface area contributed by atoms with Crippen LogP contribution in [-0.4, -0.2) is 19.3 Å². The minimum absolute atomic E-state index is 0.0665. The zero-order chi connectivity index (χ0) is 15.2. The third kappa shape index (κ3) is 4.37. The monoisotopic (exact) mass is 292 g/mol. The molecule has 0 N–H and O–H groups in total. The Morgan fingerprint density at radius 1 is 1.14 bits per heavy atom. The van der Waals surface area contributed by atoms with E-state index in [9.17, 15) is 0 Å². The van der Waals surface area contributed by atoms with Gasteiger partial charge in [-0.25, -0.2) is 0 Å². The second kappa shape index (κ2) is 7.69. The molecule has 2 rings (SSSR count). The highest BCUT2D eigenvalue weighted by Gasteiger charge is 2.19. The van der Waals surface area contributed by atoms with E-state index >= 15 is 0 Å². The molecule has 0 bridgehead atoms. The Balaban J connectivity index is 2.11. The van der Waals surface area contributed by atoms with Gasteiger partial charge in [-0.1, -0.05) is 13.0 Å². The van der Waals surface area contributed by atoms with Crippen LogP contribution in [0.5, 0.6) is 11.5 Å². The van der Waals surface area contributed by atoms with Gasteiger partial charge in [0.15, 0.2) is 11.5 Å². The predicted octanol–water partition coefficient (Wildman–Crippen LogP) is 4.89. The average molecular weight is 292 g/mol. The summed E-state index contributed by atoms with van der Waals surface area (Å²) in [4.78, 5) is 0. The second-order valence-electron chi connectivity index (χ2n) is 5.93. The second-order valence-corrected chi connectivity index (χ2v) is 5.93. The van der Waals surface area contributed by atoms with Crippen molar-refractivity contribution in [3.63, 3.8) is 0 Å². The minimum Gasteiger partial charge on any atom is -0.493 e. The van der Waals surface area contributed by atoms with Crippen LogP contribution < -0.4 is 9.47 Å². The third-order valence-corrected chi connectivity index (χ3v) is 4.26. The van der Waals surface area contributed by atoms with Gasteiger partial charge < -0.3 is 14.2 Å². The van der Waals surface area contributed by atoms with Gasteiger partial charge in [0.2, 0.25) is 0 Å². The van der Waals surface area contributed by atoms with E-state index in [0.29, 0.717) is 6.10 Å². The fourth-order valence-electron chi connectivity index (χ4n) is 2.75. The van der Waals surface area contributed by atoms with E-state index in [4.69, 9.17) is 14.2 Å². The highest BCUT2D eigenvalue weighted by molar-refractivity contribution is 5.43. The summed E-state index contributed by atoms with van der Waals surface area (Å²) in [5, 5.41) is 0. The summed E-state index contributed by atoms with van der Waals surface area (Å²) in [6.45, 7) is 6.34. The maximum Gasteiger partial charge on any atom is 0.161 e. The van der Waals surface area contributed by atoms with Crippen molar-refractivity contribution < 1.29 is 14.2 Å². The molecular weight excluding hydrogens is 264 g/mol. The van der Waals surface area contributed by atoms with Crippen LogP contribution in [0.2, 0.25) is 0 Å². The van der Waals surface area contributed by atoms with Crippen LogP contribution in [0.25, 0.3) is 0 Å². The first-order valence-electron chi connectivity index (χ1n) is 8.14. The van der Waals surface area contributed by atoms with Gasteiger partial charge in [-0.15, -0.1) is 0 Å². The lowest BCUT2D eigenvalue weighted by molar-refractivity contribution is 0.00528. The van der Waals surface area contributed by atoms with Gasteiger partial charge in [0.1, 0.15) is 0 Å². The van der Waals surface area contributed by atoms with Gasteiger partial charge in [0, 0.05) is 0 Å². The Bertz CT molecular complexity index is 438. The van der Waals surface area contributed by atoms with E-state index in [0.717, 1.165) is 36.3 Å². The Morgan fingerprint density at radius 2 is 1.86 bits per heavy atom. The molecule has 0 radical (unpaired) electrons. The number of methoxy groups -OCH3 is 1. The Kier molecular flexibility index (Phi) is 5.92. The van der Waals surface area contributed by atoms with Crippen LogP contribution in [-0.2, 0) is 4.74 Å². The van der Waals surface area contributed by atoms with E-state index in [-0.39, 0.29) is 12.2 Å². The lowest BCUT2D eigenvalue weighted by Gasteiger charge is -2.21.